The highest BCUT2D eigenvalue weighted by molar-refractivity contribution is 5.99. The summed E-state index contributed by atoms with van der Waals surface area (Å²) < 4.78 is 6.08. The molecular formula is C34H45N9O2. The zero-order chi connectivity index (χ0) is 30.9. The zero-order valence-electron chi connectivity index (χ0n) is 26.7. The van der Waals surface area contributed by atoms with E-state index in [4.69, 9.17) is 19.7 Å². The van der Waals surface area contributed by atoms with E-state index in [0.29, 0.717) is 23.6 Å². The van der Waals surface area contributed by atoms with Crippen LogP contribution in [0.15, 0.2) is 48.5 Å². The molecular weight excluding hydrogens is 566 g/mol. The highest BCUT2D eigenvalue weighted by atomic mass is 16.5. The van der Waals surface area contributed by atoms with Crippen molar-refractivity contribution in [1.82, 2.24) is 19.9 Å². The third-order valence-corrected chi connectivity index (χ3v) is 9.83. The van der Waals surface area contributed by atoms with E-state index in [1.54, 1.807) is 0 Å². The largest absolute Gasteiger partial charge is 0.371 e. The van der Waals surface area contributed by atoms with Gasteiger partial charge in [0, 0.05) is 74.0 Å². The number of urea groups is 1. The highest BCUT2D eigenvalue weighted by Gasteiger charge is 2.36. The van der Waals surface area contributed by atoms with Crippen molar-refractivity contribution in [2.75, 3.05) is 71.1 Å². The molecule has 0 radical (unpaired) electrons. The molecule has 238 valence electrons. The fourth-order valence-electron chi connectivity index (χ4n) is 7.18. The number of aromatic nitrogens is 3. The standard InChI is InChI=1S/C34H45N9O2/c1-4-40-17-19-41(20-18-40)28-13-11-27(12-14-28)36-34(44)35-26-9-7-25(8-10-26)31-37-32(42-21-29-15-16-30(22-42)45-29)39-33(38-31)43-23(2)5-6-24(43)3/h7-14,23-24,29-30H,4-6,15-22H2,1-3H3,(H2,35,36,44). The van der Waals surface area contributed by atoms with Crippen molar-refractivity contribution < 1.29 is 9.53 Å². The number of anilines is 5. The number of rotatable bonds is 7. The molecule has 2 N–H and O–H groups in total. The Morgan fingerprint density at radius 1 is 0.756 bits per heavy atom. The van der Waals surface area contributed by atoms with Crippen LogP contribution in [0.2, 0.25) is 0 Å². The van der Waals surface area contributed by atoms with E-state index >= 15 is 0 Å². The third-order valence-electron chi connectivity index (χ3n) is 9.83. The fraction of sp³-hybridized carbons (Fsp3) is 0.529. The average Bonchev–Trinajstić information content (AvgIpc) is 3.59. The van der Waals surface area contributed by atoms with E-state index in [1.165, 1.54) is 5.69 Å². The topological polar surface area (TPSA) is 102 Å². The van der Waals surface area contributed by atoms with Gasteiger partial charge in [0.25, 0.3) is 0 Å². The van der Waals surface area contributed by atoms with Gasteiger partial charge in [-0.2, -0.15) is 15.0 Å². The van der Waals surface area contributed by atoms with E-state index in [9.17, 15) is 4.79 Å². The van der Waals surface area contributed by atoms with Crippen LogP contribution in [0, 0.1) is 0 Å². The quantitative estimate of drug-likeness (QED) is 0.379. The number of piperazine rings is 1. The Labute approximate surface area is 266 Å². The van der Waals surface area contributed by atoms with Crippen molar-refractivity contribution in [2.45, 2.75) is 70.7 Å². The zero-order valence-corrected chi connectivity index (χ0v) is 26.7. The lowest BCUT2D eigenvalue weighted by Gasteiger charge is -2.35. The van der Waals surface area contributed by atoms with Crippen LogP contribution in [0.3, 0.4) is 0 Å². The number of carbonyl (C=O) groups is 1. The number of nitrogens with zero attached hydrogens (tertiary/aromatic N) is 7. The first-order chi connectivity index (χ1) is 21.9. The molecule has 4 aliphatic rings. The maximum absolute atomic E-state index is 12.8. The summed E-state index contributed by atoms with van der Waals surface area (Å²) in [7, 11) is 0. The Balaban J connectivity index is 1.03. The summed E-state index contributed by atoms with van der Waals surface area (Å²) in [5.74, 6) is 2.10. The molecule has 1 aromatic heterocycles. The summed E-state index contributed by atoms with van der Waals surface area (Å²) in [6.07, 6.45) is 4.93. The second kappa shape index (κ2) is 12.8. The van der Waals surface area contributed by atoms with Crippen molar-refractivity contribution in [3.05, 3.63) is 48.5 Å². The summed E-state index contributed by atoms with van der Waals surface area (Å²) in [5.41, 5.74) is 3.53. The number of hydrogen-bond acceptors (Lipinski definition) is 9. The lowest BCUT2D eigenvalue weighted by atomic mass is 10.2. The van der Waals surface area contributed by atoms with Crippen LogP contribution in [-0.2, 0) is 4.74 Å². The summed E-state index contributed by atoms with van der Waals surface area (Å²) >= 11 is 0. The van der Waals surface area contributed by atoms with E-state index in [-0.39, 0.29) is 18.2 Å². The molecule has 7 rings (SSSR count). The third kappa shape index (κ3) is 6.55. The second-order valence-corrected chi connectivity index (χ2v) is 12.9. The monoisotopic (exact) mass is 611 g/mol. The van der Waals surface area contributed by atoms with Gasteiger partial charge in [-0.3, -0.25) is 0 Å². The summed E-state index contributed by atoms with van der Waals surface area (Å²) in [4.78, 5) is 37.2. The molecule has 4 saturated heterocycles. The average molecular weight is 612 g/mol. The first kappa shape index (κ1) is 29.7. The van der Waals surface area contributed by atoms with Gasteiger partial charge in [-0.15, -0.1) is 0 Å². The number of hydrogen-bond donors (Lipinski definition) is 2. The molecule has 4 aliphatic heterocycles. The minimum Gasteiger partial charge on any atom is -0.371 e. The Kier molecular flexibility index (Phi) is 8.46. The van der Waals surface area contributed by atoms with Gasteiger partial charge in [0.2, 0.25) is 11.9 Å². The molecule has 5 heterocycles. The van der Waals surface area contributed by atoms with E-state index in [2.05, 4.69) is 63.1 Å². The molecule has 0 saturated carbocycles. The molecule has 2 bridgehead atoms. The number of carbonyl (C=O) groups excluding carboxylic acids is 1. The molecule has 2 aromatic carbocycles. The number of fused-ring (bicyclic) bond motifs is 2. The van der Waals surface area contributed by atoms with Crippen LogP contribution in [0.4, 0.5) is 33.8 Å². The molecule has 3 aromatic rings. The molecule has 11 nitrogen and oxygen atoms in total. The molecule has 0 spiro atoms. The maximum Gasteiger partial charge on any atom is 0.323 e. The highest BCUT2D eigenvalue weighted by Crippen LogP contribution is 2.33. The molecule has 0 aliphatic carbocycles. The number of nitrogens with one attached hydrogen (secondary N) is 2. The van der Waals surface area contributed by atoms with E-state index in [1.807, 2.05) is 36.4 Å². The predicted molar refractivity (Wildman–Crippen MR) is 179 cm³/mol. The van der Waals surface area contributed by atoms with Crippen LogP contribution in [0.1, 0.15) is 46.5 Å². The van der Waals surface area contributed by atoms with Crippen LogP contribution in [0.25, 0.3) is 11.4 Å². The number of morpholine rings is 1. The molecule has 4 unspecified atom stereocenters. The summed E-state index contributed by atoms with van der Waals surface area (Å²) in [6, 6.07) is 16.3. The van der Waals surface area contributed by atoms with Gasteiger partial charge in [-0.25, -0.2) is 4.79 Å². The fourth-order valence-corrected chi connectivity index (χ4v) is 7.18. The SMILES string of the molecule is CCN1CCN(c2ccc(NC(=O)Nc3ccc(-c4nc(N5CC6CCC(C5)O6)nc(N5C(C)CCC5C)n4)cc3)cc2)CC1. The minimum atomic E-state index is -0.282. The van der Waals surface area contributed by atoms with Crippen LogP contribution in [0.5, 0.6) is 0 Å². The number of ether oxygens (including phenoxy) is 1. The van der Waals surface area contributed by atoms with E-state index in [0.717, 1.165) is 94.6 Å². The van der Waals surface area contributed by atoms with Crippen LogP contribution >= 0.6 is 0 Å². The molecule has 11 heteroatoms. The normalized spacial score (nSPS) is 25.1. The van der Waals surface area contributed by atoms with Crippen LogP contribution in [-0.4, -0.2) is 96.0 Å². The summed E-state index contributed by atoms with van der Waals surface area (Å²) in [5, 5.41) is 5.91. The lowest BCUT2D eigenvalue weighted by Crippen LogP contribution is -2.46. The van der Waals surface area contributed by atoms with Crippen molar-refractivity contribution >= 4 is 35.0 Å². The van der Waals surface area contributed by atoms with Gasteiger partial charge in [0.15, 0.2) is 5.82 Å². The first-order valence-electron chi connectivity index (χ1n) is 16.6. The molecule has 4 fully saturated rings. The molecule has 4 atom stereocenters. The first-order valence-corrected chi connectivity index (χ1v) is 16.6. The maximum atomic E-state index is 12.8. The lowest BCUT2D eigenvalue weighted by molar-refractivity contribution is 0.0299. The number of benzene rings is 2. The van der Waals surface area contributed by atoms with Crippen molar-refractivity contribution in [1.29, 1.82) is 0 Å². The van der Waals surface area contributed by atoms with Gasteiger partial charge in [-0.1, -0.05) is 6.92 Å². The van der Waals surface area contributed by atoms with Crippen molar-refractivity contribution in [3.63, 3.8) is 0 Å². The Morgan fingerprint density at radius 2 is 1.33 bits per heavy atom. The number of amides is 2. The van der Waals surface area contributed by atoms with Gasteiger partial charge < -0.3 is 35.0 Å². The second-order valence-electron chi connectivity index (χ2n) is 12.9. The molecule has 45 heavy (non-hydrogen) atoms. The van der Waals surface area contributed by atoms with Crippen molar-refractivity contribution in [2.24, 2.45) is 0 Å². The van der Waals surface area contributed by atoms with Crippen molar-refractivity contribution in [3.8, 4) is 11.4 Å². The van der Waals surface area contributed by atoms with Gasteiger partial charge in [0.05, 0.1) is 12.2 Å². The van der Waals surface area contributed by atoms with Gasteiger partial charge >= 0.3 is 6.03 Å². The Morgan fingerprint density at radius 3 is 1.93 bits per heavy atom. The number of likely N-dealkylation sites (N-methyl/N-ethyl adjacent to an activating group) is 1. The minimum absolute atomic E-state index is 0.244. The Bertz CT molecular complexity index is 1450. The van der Waals surface area contributed by atoms with E-state index < -0.39 is 0 Å². The predicted octanol–water partition coefficient (Wildman–Crippen LogP) is 5.07. The van der Waals surface area contributed by atoms with Gasteiger partial charge in [0.1, 0.15) is 0 Å². The summed E-state index contributed by atoms with van der Waals surface area (Å²) in [6.45, 7) is 13.6. The van der Waals surface area contributed by atoms with Crippen LogP contribution < -0.4 is 25.3 Å². The smallest absolute Gasteiger partial charge is 0.323 e. The Hall–Kier alpha value is -3.96. The van der Waals surface area contributed by atoms with Gasteiger partial charge in [-0.05, 0) is 94.6 Å². The molecule has 2 amide bonds.